The molecule has 76 valence electrons. The van der Waals surface area contributed by atoms with Crippen LogP contribution in [-0.4, -0.2) is 11.1 Å². The highest BCUT2D eigenvalue weighted by atomic mass is 79.9. The standard InChI is InChI=1S/C10H10BrFO2/c1-5-3-9(12)8(11)4-7(5)6(2)10(13)14/h3-4,6H,1-2H3,(H,13,14). The molecule has 4 heteroatoms. The van der Waals surface area contributed by atoms with Gasteiger partial charge >= 0.3 is 5.97 Å². The summed E-state index contributed by atoms with van der Waals surface area (Å²) in [5, 5.41) is 8.81. The van der Waals surface area contributed by atoms with Crippen molar-refractivity contribution in [3.63, 3.8) is 0 Å². The van der Waals surface area contributed by atoms with Gasteiger partial charge in [-0.1, -0.05) is 0 Å². The van der Waals surface area contributed by atoms with Gasteiger partial charge in [-0.05, 0) is 53.0 Å². The van der Waals surface area contributed by atoms with Gasteiger partial charge in [0.1, 0.15) is 5.82 Å². The van der Waals surface area contributed by atoms with E-state index in [-0.39, 0.29) is 5.82 Å². The fourth-order valence-corrected chi connectivity index (χ4v) is 1.62. The van der Waals surface area contributed by atoms with Crippen LogP contribution in [0.15, 0.2) is 16.6 Å². The number of carboxylic acid groups (broad SMARTS) is 1. The molecule has 0 saturated carbocycles. The largest absolute Gasteiger partial charge is 0.481 e. The summed E-state index contributed by atoms with van der Waals surface area (Å²) in [4.78, 5) is 10.7. The third-order valence-electron chi connectivity index (χ3n) is 2.15. The fraction of sp³-hybridized carbons (Fsp3) is 0.300. The molecule has 1 atom stereocenters. The minimum absolute atomic E-state index is 0.297. The number of benzene rings is 1. The summed E-state index contributed by atoms with van der Waals surface area (Å²) < 4.78 is 13.3. The van der Waals surface area contributed by atoms with Crippen LogP contribution < -0.4 is 0 Å². The molecular formula is C10H10BrFO2. The lowest BCUT2D eigenvalue weighted by Gasteiger charge is -2.11. The first-order chi connectivity index (χ1) is 6.43. The molecule has 0 aromatic heterocycles. The molecule has 0 heterocycles. The van der Waals surface area contributed by atoms with Gasteiger partial charge in [0, 0.05) is 0 Å². The van der Waals surface area contributed by atoms with Crippen LogP contribution in [0.25, 0.3) is 0 Å². The predicted octanol–water partition coefficient (Wildman–Crippen LogP) is 3.08. The van der Waals surface area contributed by atoms with Crippen molar-refractivity contribution in [1.82, 2.24) is 0 Å². The van der Waals surface area contributed by atoms with E-state index in [4.69, 9.17) is 5.11 Å². The van der Waals surface area contributed by atoms with Gasteiger partial charge in [-0.25, -0.2) is 4.39 Å². The minimum atomic E-state index is -0.911. The summed E-state index contributed by atoms with van der Waals surface area (Å²) in [5.74, 6) is -1.90. The van der Waals surface area contributed by atoms with E-state index in [9.17, 15) is 9.18 Å². The molecule has 0 aliphatic heterocycles. The van der Waals surface area contributed by atoms with Gasteiger partial charge in [0.25, 0.3) is 0 Å². The Morgan fingerprint density at radius 3 is 2.64 bits per heavy atom. The Kier molecular flexibility index (Phi) is 3.26. The Bertz CT molecular complexity index is 377. The molecule has 0 aliphatic rings. The molecule has 0 amide bonds. The number of hydrogen-bond acceptors (Lipinski definition) is 1. The van der Waals surface area contributed by atoms with E-state index in [0.29, 0.717) is 15.6 Å². The Balaban J connectivity index is 3.22. The highest BCUT2D eigenvalue weighted by Crippen LogP contribution is 2.26. The van der Waals surface area contributed by atoms with Gasteiger partial charge in [0.2, 0.25) is 0 Å². The van der Waals surface area contributed by atoms with Crippen molar-refractivity contribution in [3.8, 4) is 0 Å². The maximum absolute atomic E-state index is 13.0. The first-order valence-corrected chi connectivity index (χ1v) is 4.91. The summed E-state index contributed by atoms with van der Waals surface area (Å²) >= 11 is 3.03. The molecule has 0 bridgehead atoms. The zero-order chi connectivity index (χ0) is 10.9. The summed E-state index contributed by atoms with van der Waals surface area (Å²) in [7, 11) is 0. The molecule has 14 heavy (non-hydrogen) atoms. The van der Waals surface area contributed by atoms with Crippen molar-refractivity contribution >= 4 is 21.9 Å². The van der Waals surface area contributed by atoms with E-state index < -0.39 is 11.9 Å². The molecule has 0 fully saturated rings. The topological polar surface area (TPSA) is 37.3 Å². The highest BCUT2D eigenvalue weighted by molar-refractivity contribution is 9.10. The molecule has 1 aromatic rings. The summed E-state index contributed by atoms with van der Waals surface area (Å²) in [5.41, 5.74) is 1.28. The van der Waals surface area contributed by atoms with E-state index in [1.54, 1.807) is 13.8 Å². The molecule has 0 saturated heterocycles. The second kappa shape index (κ2) is 4.09. The minimum Gasteiger partial charge on any atom is -0.481 e. The smallest absolute Gasteiger partial charge is 0.310 e. The maximum Gasteiger partial charge on any atom is 0.310 e. The normalized spacial score (nSPS) is 12.6. The number of rotatable bonds is 2. The zero-order valence-corrected chi connectivity index (χ0v) is 9.43. The molecule has 1 N–H and O–H groups in total. The van der Waals surface area contributed by atoms with Gasteiger partial charge in [-0.3, -0.25) is 4.79 Å². The number of carboxylic acids is 1. The van der Waals surface area contributed by atoms with E-state index in [2.05, 4.69) is 15.9 Å². The first-order valence-electron chi connectivity index (χ1n) is 4.12. The monoisotopic (exact) mass is 260 g/mol. The lowest BCUT2D eigenvalue weighted by molar-refractivity contribution is -0.138. The van der Waals surface area contributed by atoms with Crippen molar-refractivity contribution < 1.29 is 14.3 Å². The number of halogens is 2. The van der Waals surface area contributed by atoms with Gasteiger partial charge in [0.05, 0.1) is 10.4 Å². The predicted molar refractivity (Wildman–Crippen MR) is 54.9 cm³/mol. The quantitative estimate of drug-likeness (QED) is 0.888. The van der Waals surface area contributed by atoms with E-state index in [1.807, 2.05) is 0 Å². The number of aliphatic carboxylic acids is 1. The molecule has 0 spiro atoms. The summed E-state index contributed by atoms with van der Waals surface area (Å²) in [6.07, 6.45) is 0. The lowest BCUT2D eigenvalue weighted by atomic mass is 9.97. The van der Waals surface area contributed by atoms with Gasteiger partial charge in [-0.2, -0.15) is 0 Å². The van der Waals surface area contributed by atoms with Crippen molar-refractivity contribution in [2.75, 3.05) is 0 Å². The maximum atomic E-state index is 13.0. The number of carbonyl (C=O) groups is 1. The Morgan fingerprint density at radius 1 is 1.57 bits per heavy atom. The van der Waals surface area contributed by atoms with Crippen LogP contribution in [0.4, 0.5) is 4.39 Å². The summed E-state index contributed by atoms with van der Waals surface area (Å²) in [6.45, 7) is 3.28. The van der Waals surface area contributed by atoms with Crippen LogP contribution in [0, 0.1) is 12.7 Å². The fourth-order valence-electron chi connectivity index (χ4n) is 1.26. The van der Waals surface area contributed by atoms with Gasteiger partial charge in [0.15, 0.2) is 0 Å². The molecule has 2 nitrogen and oxygen atoms in total. The second-order valence-electron chi connectivity index (χ2n) is 3.18. The highest BCUT2D eigenvalue weighted by Gasteiger charge is 2.17. The van der Waals surface area contributed by atoms with Gasteiger partial charge < -0.3 is 5.11 Å². The molecule has 1 aromatic carbocycles. The summed E-state index contributed by atoms with van der Waals surface area (Å²) in [6, 6.07) is 2.85. The van der Waals surface area contributed by atoms with E-state index in [0.717, 1.165) is 0 Å². The van der Waals surface area contributed by atoms with E-state index in [1.165, 1.54) is 12.1 Å². The molecule has 0 radical (unpaired) electrons. The second-order valence-corrected chi connectivity index (χ2v) is 4.04. The van der Waals surface area contributed by atoms with Crippen molar-refractivity contribution in [1.29, 1.82) is 0 Å². The number of hydrogen-bond donors (Lipinski definition) is 1. The SMILES string of the molecule is Cc1cc(F)c(Br)cc1C(C)C(=O)O. The van der Waals surface area contributed by atoms with Crippen LogP contribution in [-0.2, 0) is 4.79 Å². The third-order valence-corrected chi connectivity index (χ3v) is 2.75. The van der Waals surface area contributed by atoms with Crippen molar-refractivity contribution in [3.05, 3.63) is 33.5 Å². The average Bonchev–Trinajstić information content (AvgIpc) is 2.10. The Hall–Kier alpha value is -0.900. The third kappa shape index (κ3) is 2.12. The van der Waals surface area contributed by atoms with Crippen LogP contribution in [0.3, 0.4) is 0 Å². The van der Waals surface area contributed by atoms with Crippen LogP contribution in [0.2, 0.25) is 0 Å². The molecule has 0 aliphatic carbocycles. The average molecular weight is 261 g/mol. The number of aryl methyl sites for hydroxylation is 1. The molecular weight excluding hydrogens is 251 g/mol. The lowest BCUT2D eigenvalue weighted by Crippen LogP contribution is -2.09. The Morgan fingerprint density at radius 2 is 2.14 bits per heavy atom. The zero-order valence-electron chi connectivity index (χ0n) is 7.84. The first kappa shape index (κ1) is 11.2. The van der Waals surface area contributed by atoms with Gasteiger partial charge in [-0.15, -0.1) is 0 Å². The van der Waals surface area contributed by atoms with E-state index >= 15 is 0 Å². The molecule has 1 rings (SSSR count). The Labute approximate surface area is 89.9 Å². The van der Waals surface area contributed by atoms with Crippen LogP contribution >= 0.6 is 15.9 Å². The van der Waals surface area contributed by atoms with Crippen LogP contribution in [0.1, 0.15) is 24.0 Å². The molecule has 1 unspecified atom stereocenters. The van der Waals surface area contributed by atoms with Crippen molar-refractivity contribution in [2.24, 2.45) is 0 Å². The van der Waals surface area contributed by atoms with Crippen molar-refractivity contribution in [2.45, 2.75) is 19.8 Å². The van der Waals surface area contributed by atoms with Crippen LogP contribution in [0.5, 0.6) is 0 Å².